The Bertz CT molecular complexity index is 867. The van der Waals surface area contributed by atoms with Gasteiger partial charge in [0.05, 0.1) is 5.69 Å². The molecular formula is C23H30N4. The molecule has 2 aromatic carbocycles. The highest BCUT2D eigenvalue weighted by atomic mass is 15.0. The van der Waals surface area contributed by atoms with E-state index in [-0.39, 0.29) is 6.04 Å². The number of anilines is 3. The van der Waals surface area contributed by atoms with E-state index < -0.39 is 0 Å². The van der Waals surface area contributed by atoms with Gasteiger partial charge in [-0.1, -0.05) is 56.3 Å². The third kappa shape index (κ3) is 4.45. The van der Waals surface area contributed by atoms with Crippen LogP contribution in [0.2, 0.25) is 0 Å². The molecule has 1 aromatic heterocycles. The Hall–Kier alpha value is -2.88. The molecular weight excluding hydrogens is 332 g/mol. The van der Waals surface area contributed by atoms with Gasteiger partial charge in [-0.25, -0.2) is 0 Å². The highest BCUT2D eigenvalue weighted by molar-refractivity contribution is 5.86. The number of nitrogens with one attached hydrogen (secondary N) is 3. The van der Waals surface area contributed by atoms with Crippen LogP contribution in [0.1, 0.15) is 39.3 Å². The van der Waals surface area contributed by atoms with Crippen molar-refractivity contribution < 1.29 is 0 Å². The van der Waals surface area contributed by atoms with Crippen molar-refractivity contribution in [3.8, 4) is 11.1 Å². The number of aromatic nitrogens is 1. The Morgan fingerprint density at radius 3 is 2.33 bits per heavy atom. The van der Waals surface area contributed by atoms with Gasteiger partial charge in [0, 0.05) is 29.5 Å². The molecule has 0 bridgehead atoms. The number of hydrogen-bond donors (Lipinski definition) is 4. The van der Waals surface area contributed by atoms with Crippen LogP contribution < -0.4 is 16.4 Å². The first-order chi connectivity index (χ1) is 13.0. The van der Waals surface area contributed by atoms with Gasteiger partial charge in [0.1, 0.15) is 5.82 Å². The maximum atomic E-state index is 6.19. The van der Waals surface area contributed by atoms with Crippen LogP contribution >= 0.6 is 0 Å². The van der Waals surface area contributed by atoms with E-state index in [4.69, 9.17) is 5.73 Å². The van der Waals surface area contributed by atoms with Crippen LogP contribution in [0.4, 0.5) is 17.2 Å². The predicted octanol–water partition coefficient (Wildman–Crippen LogP) is 5.89. The number of nitrogens with two attached hydrogens (primary N) is 1. The SMILES string of the molecule is CC(C)C(C)Nc1c(-c2cccc(N[C@@H](C)c3ccccc3)c2)c[nH]c1N. The van der Waals surface area contributed by atoms with Crippen molar-refractivity contribution in [2.75, 3.05) is 16.4 Å². The summed E-state index contributed by atoms with van der Waals surface area (Å²) in [6.45, 7) is 8.76. The Balaban J connectivity index is 1.84. The minimum absolute atomic E-state index is 0.233. The van der Waals surface area contributed by atoms with Gasteiger partial charge < -0.3 is 21.4 Å². The van der Waals surface area contributed by atoms with Gasteiger partial charge in [0.15, 0.2) is 0 Å². The normalized spacial score (nSPS) is 13.4. The highest BCUT2D eigenvalue weighted by Crippen LogP contribution is 2.35. The summed E-state index contributed by atoms with van der Waals surface area (Å²) < 4.78 is 0. The van der Waals surface area contributed by atoms with Crippen molar-refractivity contribution in [3.63, 3.8) is 0 Å². The number of rotatable bonds is 7. The second-order valence-electron chi connectivity index (χ2n) is 7.53. The van der Waals surface area contributed by atoms with E-state index >= 15 is 0 Å². The first kappa shape index (κ1) is 18.9. The molecule has 0 aliphatic carbocycles. The van der Waals surface area contributed by atoms with Gasteiger partial charge in [0.25, 0.3) is 0 Å². The maximum absolute atomic E-state index is 6.19. The zero-order valence-corrected chi connectivity index (χ0v) is 16.6. The number of nitrogen functional groups attached to an aromatic ring is 1. The second kappa shape index (κ2) is 8.21. The lowest BCUT2D eigenvalue weighted by atomic mass is 10.0. The Kier molecular flexibility index (Phi) is 5.75. The topological polar surface area (TPSA) is 65.9 Å². The molecule has 4 heteroatoms. The number of aromatic amines is 1. The zero-order valence-electron chi connectivity index (χ0n) is 16.6. The molecule has 142 valence electrons. The van der Waals surface area contributed by atoms with Crippen LogP contribution in [0.15, 0.2) is 60.8 Å². The molecule has 0 aliphatic rings. The summed E-state index contributed by atoms with van der Waals surface area (Å²) >= 11 is 0. The summed E-state index contributed by atoms with van der Waals surface area (Å²) in [5.41, 5.74) is 11.7. The second-order valence-corrected chi connectivity index (χ2v) is 7.53. The van der Waals surface area contributed by atoms with Crippen molar-refractivity contribution in [1.82, 2.24) is 4.98 Å². The monoisotopic (exact) mass is 362 g/mol. The van der Waals surface area contributed by atoms with Gasteiger partial charge in [-0.15, -0.1) is 0 Å². The summed E-state index contributed by atoms with van der Waals surface area (Å²) in [5, 5.41) is 7.16. The third-order valence-corrected chi connectivity index (χ3v) is 5.14. The fraction of sp³-hybridized carbons (Fsp3) is 0.304. The first-order valence-electron chi connectivity index (χ1n) is 9.61. The molecule has 0 saturated carbocycles. The van der Waals surface area contributed by atoms with Crippen molar-refractivity contribution in [3.05, 3.63) is 66.4 Å². The lowest BCUT2D eigenvalue weighted by molar-refractivity contribution is 0.560. The quantitative estimate of drug-likeness (QED) is 0.423. The van der Waals surface area contributed by atoms with E-state index in [0.717, 1.165) is 22.5 Å². The van der Waals surface area contributed by atoms with E-state index in [9.17, 15) is 0 Å². The number of benzene rings is 2. The van der Waals surface area contributed by atoms with E-state index in [1.165, 1.54) is 5.56 Å². The molecule has 3 rings (SSSR count). The van der Waals surface area contributed by atoms with E-state index in [1.807, 2.05) is 12.3 Å². The number of hydrogen-bond acceptors (Lipinski definition) is 3. The van der Waals surface area contributed by atoms with E-state index in [0.29, 0.717) is 17.8 Å². The molecule has 27 heavy (non-hydrogen) atoms. The van der Waals surface area contributed by atoms with Crippen LogP contribution in [-0.2, 0) is 0 Å². The number of H-pyrrole nitrogens is 1. The van der Waals surface area contributed by atoms with Crippen molar-refractivity contribution in [2.24, 2.45) is 5.92 Å². The molecule has 0 fully saturated rings. The van der Waals surface area contributed by atoms with E-state index in [2.05, 4.69) is 91.8 Å². The van der Waals surface area contributed by atoms with Crippen LogP contribution in [0.25, 0.3) is 11.1 Å². The molecule has 0 saturated heterocycles. The van der Waals surface area contributed by atoms with Gasteiger partial charge >= 0.3 is 0 Å². The molecule has 1 unspecified atom stereocenters. The minimum atomic E-state index is 0.233. The zero-order chi connectivity index (χ0) is 19.4. The van der Waals surface area contributed by atoms with Gasteiger partial charge in [0.2, 0.25) is 0 Å². The lowest BCUT2D eigenvalue weighted by Crippen LogP contribution is -2.22. The standard InChI is InChI=1S/C23H30N4/c1-15(2)16(3)27-22-21(14-25-23(22)24)19-11-8-12-20(13-19)26-17(4)18-9-6-5-7-10-18/h5-17,25-27H,24H2,1-4H3/t16?,17-/m0/s1. The molecule has 0 aliphatic heterocycles. The summed E-state index contributed by atoms with van der Waals surface area (Å²) in [4.78, 5) is 3.16. The Morgan fingerprint density at radius 1 is 0.889 bits per heavy atom. The van der Waals surface area contributed by atoms with Crippen LogP contribution in [-0.4, -0.2) is 11.0 Å². The lowest BCUT2D eigenvalue weighted by Gasteiger charge is -2.20. The molecule has 5 N–H and O–H groups in total. The smallest absolute Gasteiger partial charge is 0.125 e. The van der Waals surface area contributed by atoms with Gasteiger partial charge in [-0.3, -0.25) is 0 Å². The first-order valence-corrected chi connectivity index (χ1v) is 9.61. The molecule has 2 atom stereocenters. The van der Waals surface area contributed by atoms with Gasteiger partial charge in [-0.2, -0.15) is 0 Å². The fourth-order valence-corrected chi connectivity index (χ4v) is 3.07. The average Bonchev–Trinajstić information content (AvgIpc) is 3.03. The summed E-state index contributed by atoms with van der Waals surface area (Å²) in [5.74, 6) is 1.19. The summed E-state index contributed by atoms with van der Waals surface area (Å²) in [7, 11) is 0. The molecule has 0 amide bonds. The van der Waals surface area contributed by atoms with Crippen LogP contribution in [0.3, 0.4) is 0 Å². The average molecular weight is 363 g/mol. The largest absolute Gasteiger partial charge is 0.384 e. The molecule has 0 radical (unpaired) electrons. The van der Waals surface area contributed by atoms with Gasteiger partial charge in [-0.05, 0) is 43.0 Å². The Labute approximate surface area is 162 Å². The summed E-state index contributed by atoms with van der Waals surface area (Å²) in [6.07, 6.45) is 1.98. The highest BCUT2D eigenvalue weighted by Gasteiger charge is 2.15. The molecule has 4 nitrogen and oxygen atoms in total. The Morgan fingerprint density at radius 2 is 1.63 bits per heavy atom. The molecule has 0 spiro atoms. The molecule has 3 aromatic rings. The van der Waals surface area contributed by atoms with Crippen molar-refractivity contribution in [1.29, 1.82) is 0 Å². The minimum Gasteiger partial charge on any atom is -0.384 e. The van der Waals surface area contributed by atoms with Crippen LogP contribution in [0, 0.1) is 5.92 Å². The van der Waals surface area contributed by atoms with Crippen molar-refractivity contribution >= 4 is 17.2 Å². The third-order valence-electron chi connectivity index (χ3n) is 5.14. The molecule has 1 heterocycles. The predicted molar refractivity (Wildman–Crippen MR) is 117 cm³/mol. The van der Waals surface area contributed by atoms with Crippen LogP contribution in [0.5, 0.6) is 0 Å². The maximum Gasteiger partial charge on any atom is 0.125 e. The van der Waals surface area contributed by atoms with E-state index in [1.54, 1.807) is 0 Å². The van der Waals surface area contributed by atoms with Crippen molar-refractivity contribution in [2.45, 2.75) is 39.8 Å². The summed E-state index contributed by atoms with van der Waals surface area (Å²) in [6, 6.07) is 19.5. The fourth-order valence-electron chi connectivity index (χ4n) is 3.07.